The molecule has 3 aromatic rings. The van der Waals surface area contributed by atoms with Crippen LogP contribution in [0.3, 0.4) is 0 Å². The molecule has 54 heavy (non-hydrogen) atoms. The van der Waals surface area contributed by atoms with Crippen LogP contribution in [-0.4, -0.2) is 123 Å². The summed E-state index contributed by atoms with van der Waals surface area (Å²) in [6, 6.07) is 10.7. The van der Waals surface area contributed by atoms with Gasteiger partial charge in [-0.2, -0.15) is 5.10 Å². The van der Waals surface area contributed by atoms with Crippen molar-refractivity contribution >= 4 is 23.7 Å². The van der Waals surface area contributed by atoms with Gasteiger partial charge in [-0.3, -0.25) is 19.2 Å². The number of nitrogens with one attached hydrogen (secondary N) is 1. The Morgan fingerprint density at radius 2 is 1.69 bits per heavy atom. The Labute approximate surface area is 318 Å². The molecule has 0 radical (unpaired) electrons. The molecule has 0 unspecified atom stereocenters. The standard InChI is InChI=1S/C40H58N8O6/c1-26(2)36(34-23-35(43-54-34)46-20-18-45(19-21-46)24-28-13-16-47(17-14-28)39(52)53-40(4,5)6)38(51)48-25-31(49)22-33(48)37(50)42-27(3)29-8-10-30(11-9-29)32-12-15-41-44(32)7/h8-12,15,23,26-28,31,33,36,49H,13-14,16-22,24-25H2,1-7H3,(H,42,50)/t27-,31+,33-,36+/m0/s1. The third-order valence-corrected chi connectivity index (χ3v) is 11.0. The van der Waals surface area contributed by atoms with Crippen molar-refractivity contribution < 1.29 is 28.8 Å². The highest BCUT2D eigenvalue weighted by molar-refractivity contribution is 5.91. The lowest BCUT2D eigenvalue weighted by atomic mass is 9.91. The van der Waals surface area contributed by atoms with E-state index in [2.05, 4.69) is 25.4 Å². The first-order chi connectivity index (χ1) is 25.7. The van der Waals surface area contributed by atoms with Crippen molar-refractivity contribution in [2.75, 3.05) is 57.3 Å². The summed E-state index contributed by atoms with van der Waals surface area (Å²) in [5.41, 5.74) is 2.46. The van der Waals surface area contributed by atoms with E-state index < -0.39 is 23.7 Å². The molecule has 294 valence electrons. The number of aryl methyl sites for hydroxylation is 1. The molecule has 2 aromatic heterocycles. The number of piperazine rings is 1. The van der Waals surface area contributed by atoms with Gasteiger partial charge in [0.1, 0.15) is 17.6 Å². The van der Waals surface area contributed by atoms with Crippen LogP contribution >= 0.6 is 0 Å². The molecule has 3 fully saturated rings. The zero-order valence-corrected chi connectivity index (χ0v) is 32.9. The molecule has 3 amide bonds. The normalized spacial score (nSPS) is 21.4. The van der Waals surface area contributed by atoms with Crippen LogP contribution in [0, 0.1) is 11.8 Å². The summed E-state index contributed by atoms with van der Waals surface area (Å²) >= 11 is 0. The second-order valence-corrected chi connectivity index (χ2v) is 16.6. The van der Waals surface area contributed by atoms with Gasteiger partial charge in [-0.1, -0.05) is 43.3 Å². The Hall–Kier alpha value is -4.43. The molecule has 14 nitrogen and oxygen atoms in total. The van der Waals surface area contributed by atoms with Gasteiger partial charge in [0.05, 0.1) is 17.8 Å². The highest BCUT2D eigenvalue weighted by Gasteiger charge is 2.43. The molecule has 3 aliphatic rings. The van der Waals surface area contributed by atoms with Crippen molar-refractivity contribution in [2.24, 2.45) is 18.9 Å². The van der Waals surface area contributed by atoms with Crippen LogP contribution in [-0.2, 0) is 21.4 Å². The second-order valence-electron chi connectivity index (χ2n) is 16.6. The number of anilines is 1. The van der Waals surface area contributed by atoms with Gasteiger partial charge in [-0.15, -0.1) is 0 Å². The van der Waals surface area contributed by atoms with Gasteiger partial charge in [0.2, 0.25) is 11.8 Å². The number of aliphatic hydroxyl groups excluding tert-OH is 1. The number of aliphatic hydroxyl groups is 1. The summed E-state index contributed by atoms with van der Waals surface area (Å²) in [6.45, 7) is 17.4. The summed E-state index contributed by atoms with van der Waals surface area (Å²) in [5.74, 6) is 0.371. The van der Waals surface area contributed by atoms with Crippen LogP contribution in [0.25, 0.3) is 11.3 Å². The van der Waals surface area contributed by atoms with E-state index >= 15 is 0 Å². The van der Waals surface area contributed by atoms with Crippen molar-refractivity contribution in [3.8, 4) is 11.3 Å². The average molecular weight is 747 g/mol. The van der Waals surface area contributed by atoms with Crippen LogP contribution < -0.4 is 10.2 Å². The minimum absolute atomic E-state index is 0.0803. The minimum atomic E-state index is -0.801. The van der Waals surface area contributed by atoms with Gasteiger partial charge in [-0.25, -0.2) is 4.79 Å². The number of carbonyl (C=O) groups is 3. The predicted octanol–water partition coefficient (Wildman–Crippen LogP) is 4.42. The lowest BCUT2D eigenvalue weighted by molar-refractivity contribution is -0.141. The molecule has 0 aliphatic carbocycles. The molecule has 3 aliphatic heterocycles. The van der Waals surface area contributed by atoms with E-state index in [1.807, 2.05) is 94.6 Å². The number of piperidine rings is 1. The Bertz CT molecular complexity index is 1730. The number of ether oxygens (including phenoxy) is 1. The van der Waals surface area contributed by atoms with E-state index in [4.69, 9.17) is 9.26 Å². The first-order valence-corrected chi connectivity index (χ1v) is 19.5. The molecule has 3 saturated heterocycles. The van der Waals surface area contributed by atoms with Gasteiger partial charge in [0.25, 0.3) is 0 Å². The van der Waals surface area contributed by atoms with E-state index in [1.165, 1.54) is 4.90 Å². The molecule has 1 aromatic carbocycles. The fourth-order valence-corrected chi connectivity index (χ4v) is 7.94. The van der Waals surface area contributed by atoms with Crippen molar-refractivity contribution in [2.45, 2.75) is 90.5 Å². The van der Waals surface area contributed by atoms with Gasteiger partial charge in [-0.05, 0) is 69.6 Å². The quantitative estimate of drug-likeness (QED) is 0.305. The number of aromatic nitrogens is 3. The highest BCUT2D eigenvalue weighted by Crippen LogP contribution is 2.33. The number of rotatable bonds is 10. The van der Waals surface area contributed by atoms with Gasteiger partial charge in [0, 0.05) is 78.1 Å². The minimum Gasteiger partial charge on any atom is -0.444 e. The van der Waals surface area contributed by atoms with E-state index in [1.54, 1.807) is 6.20 Å². The molecule has 2 N–H and O–H groups in total. The topological polar surface area (TPSA) is 150 Å². The Kier molecular flexibility index (Phi) is 12.0. The number of hydrogen-bond donors (Lipinski definition) is 2. The van der Waals surface area contributed by atoms with Gasteiger partial charge < -0.3 is 34.4 Å². The SMILES string of the molecule is CC(C)[C@@H](C(=O)N1C[C@H](O)C[C@H]1C(=O)N[C@@H](C)c1ccc(-c2ccnn2C)cc1)c1cc(N2CCN(CC3CCN(C(=O)OC(C)(C)C)CC3)CC2)no1. The Morgan fingerprint density at radius 3 is 2.30 bits per heavy atom. The number of β-amino-alcohol motifs (C(OH)–C–C–N with tert-alkyl or cyclic N) is 1. The van der Waals surface area contributed by atoms with Gasteiger partial charge in [0.15, 0.2) is 11.6 Å². The number of likely N-dealkylation sites (tertiary alicyclic amines) is 2. The molecule has 0 bridgehead atoms. The van der Waals surface area contributed by atoms with Crippen LogP contribution in [0.1, 0.15) is 84.1 Å². The first-order valence-electron chi connectivity index (χ1n) is 19.5. The highest BCUT2D eigenvalue weighted by atomic mass is 16.6. The smallest absolute Gasteiger partial charge is 0.410 e. The first kappa shape index (κ1) is 39.3. The fraction of sp³-hybridized carbons (Fsp3) is 0.625. The van der Waals surface area contributed by atoms with Gasteiger partial charge >= 0.3 is 6.09 Å². The summed E-state index contributed by atoms with van der Waals surface area (Å²) in [5, 5.41) is 22.4. The summed E-state index contributed by atoms with van der Waals surface area (Å²) in [7, 11) is 1.90. The van der Waals surface area contributed by atoms with E-state index in [0.717, 1.165) is 75.5 Å². The predicted molar refractivity (Wildman–Crippen MR) is 205 cm³/mol. The summed E-state index contributed by atoms with van der Waals surface area (Å²) < 4.78 is 13.2. The number of hydrogen-bond acceptors (Lipinski definition) is 10. The zero-order chi connectivity index (χ0) is 38.7. The number of nitrogens with zero attached hydrogens (tertiary/aromatic N) is 7. The largest absolute Gasteiger partial charge is 0.444 e. The molecular formula is C40H58N8O6. The molecule has 6 rings (SSSR count). The Morgan fingerprint density at radius 1 is 1.00 bits per heavy atom. The fourth-order valence-electron chi connectivity index (χ4n) is 7.94. The number of carbonyl (C=O) groups excluding carboxylic acids is 3. The number of amides is 3. The Balaban J connectivity index is 1.02. The molecular weight excluding hydrogens is 688 g/mol. The van der Waals surface area contributed by atoms with Crippen LogP contribution in [0.15, 0.2) is 47.1 Å². The van der Waals surface area contributed by atoms with E-state index in [-0.39, 0.29) is 42.8 Å². The van der Waals surface area contributed by atoms with Crippen LogP contribution in [0.4, 0.5) is 10.6 Å². The maximum Gasteiger partial charge on any atom is 0.410 e. The van der Waals surface area contributed by atoms with Crippen LogP contribution in [0.5, 0.6) is 0 Å². The molecule has 0 saturated carbocycles. The van der Waals surface area contributed by atoms with Crippen molar-refractivity contribution in [1.82, 2.24) is 35.0 Å². The van der Waals surface area contributed by atoms with E-state index in [0.29, 0.717) is 17.5 Å². The molecule has 0 spiro atoms. The lowest BCUT2D eigenvalue weighted by Crippen LogP contribution is -2.49. The monoisotopic (exact) mass is 746 g/mol. The zero-order valence-electron chi connectivity index (χ0n) is 32.9. The van der Waals surface area contributed by atoms with E-state index in [9.17, 15) is 19.5 Å². The van der Waals surface area contributed by atoms with Crippen molar-refractivity contribution in [1.29, 1.82) is 0 Å². The third kappa shape index (κ3) is 9.26. The maximum absolute atomic E-state index is 14.2. The maximum atomic E-state index is 14.2. The van der Waals surface area contributed by atoms with Crippen LogP contribution in [0.2, 0.25) is 0 Å². The molecule has 4 atom stereocenters. The molecule has 5 heterocycles. The van der Waals surface area contributed by atoms with Crippen molar-refractivity contribution in [3.63, 3.8) is 0 Å². The molecule has 14 heteroatoms. The summed E-state index contributed by atoms with van der Waals surface area (Å²) in [6.07, 6.45) is 2.83. The average Bonchev–Trinajstić information content (AvgIpc) is 3.88. The summed E-state index contributed by atoms with van der Waals surface area (Å²) in [4.78, 5) is 48.4. The lowest BCUT2D eigenvalue weighted by Gasteiger charge is -2.39. The second kappa shape index (κ2) is 16.5. The third-order valence-electron chi connectivity index (χ3n) is 11.0. The van der Waals surface area contributed by atoms with Crippen molar-refractivity contribution in [3.05, 3.63) is 53.9 Å². The number of benzene rings is 1.